The minimum Gasteiger partial charge on any atom is -0.309 e. The lowest BCUT2D eigenvalue weighted by Crippen LogP contribution is -2.37. The lowest BCUT2D eigenvalue weighted by Gasteiger charge is -2.21. The molecule has 1 aliphatic heterocycles. The molecular formula is C14H20FIN2. The van der Waals surface area contributed by atoms with E-state index in [1.807, 2.05) is 6.07 Å². The summed E-state index contributed by atoms with van der Waals surface area (Å²) in [5, 5.41) is 3.52. The van der Waals surface area contributed by atoms with Crippen molar-refractivity contribution in [3.63, 3.8) is 0 Å². The number of rotatable bonds is 5. The molecule has 0 aliphatic carbocycles. The second-order valence-electron chi connectivity index (χ2n) is 5.03. The molecule has 18 heavy (non-hydrogen) atoms. The van der Waals surface area contributed by atoms with Crippen LogP contribution in [0.5, 0.6) is 0 Å². The first-order chi connectivity index (χ1) is 8.65. The lowest BCUT2D eigenvalue weighted by atomic mass is 10.2. The molecule has 2 nitrogen and oxygen atoms in total. The molecule has 0 aromatic heterocycles. The van der Waals surface area contributed by atoms with Crippen LogP contribution in [0.2, 0.25) is 0 Å². The lowest BCUT2D eigenvalue weighted by molar-refractivity contribution is 0.298. The van der Waals surface area contributed by atoms with E-state index >= 15 is 0 Å². The van der Waals surface area contributed by atoms with Gasteiger partial charge >= 0.3 is 0 Å². The van der Waals surface area contributed by atoms with Gasteiger partial charge in [0.05, 0.1) is 0 Å². The van der Waals surface area contributed by atoms with Gasteiger partial charge in [0.25, 0.3) is 0 Å². The molecule has 1 heterocycles. The Morgan fingerprint density at radius 1 is 1.39 bits per heavy atom. The Bertz CT molecular complexity index is 391. The second kappa shape index (κ2) is 6.82. The van der Waals surface area contributed by atoms with E-state index in [0.29, 0.717) is 6.04 Å². The normalized spacial score (nSPS) is 18.2. The van der Waals surface area contributed by atoms with Crippen molar-refractivity contribution in [1.29, 1.82) is 0 Å². The van der Waals surface area contributed by atoms with Gasteiger partial charge < -0.3 is 10.2 Å². The highest BCUT2D eigenvalue weighted by Crippen LogP contribution is 2.14. The standard InChI is InChI=1S/C14H20FIN2/c1-11(10-18-6-2-3-7-18)17-9-12-4-5-13(15)8-14(12)16/h4-5,8,11,17H,2-3,6-7,9-10H2,1H3. The van der Waals surface area contributed by atoms with Gasteiger partial charge in [0.2, 0.25) is 0 Å². The third-order valence-electron chi connectivity index (χ3n) is 3.39. The largest absolute Gasteiger partial charge is 0.309 e. The number of nitrogens with zero attached hydrogens (tertiary/aromatic N) is 1. The van der Waals surface area contributed by atoms with E-state index in [9.17, 15) is 4.39 Å². The predicted octanol–water partition coefficient (Wildman–Crippen LogP) is 3.00. The fourth-order valence-electron chi connectivity index (χ4n) is 2.37. The van der Waals surface area contributed by atoms with Crippen LogP contribution in [0.3, 0.4) is 0 Å². The minimum atomic E-state index is -0.159. The third-order valence-corrected chi connectivity index (χ3v) is 4.39. The number of halogens is 2. The van der Waals surface area contributed by atoms with E-state index in [0.717, 1.165) is 16.7 Å². The summed E-state index contributed by atoms with van der Waals surface area (Å²) in [6.45, 7) is 6.61. The van der Waals surface area contributed by atoms with Crippen molar-refractivity contribution < 1.29 is 4.39 Å². The minimum absolute atomic E-state index is 0.159. The average molecular weight is 362 g/mol. The van der Waals surface area contributed by atoms with Crippen molar-refractivity contribution in [2.75, 3.05) is 19.6 Å². The van der Waals surface area contributed by atoms with Crippen LogP contribution < -0.4 is 5.32 Å². The first-order valence-electron chi connectivity index (χ1n) is 6.55. The second-order valence-corrected chi connectivity index (χ2v) is 6.19. The molecule has 1 saturated heterocycles. The maximum absolute atomic E-state index is 13.0. The van der Waals surface area contributed by atoms with Gasteiger partial charge in [-0.05, 0) is 73.1 Å². The number of likely N-dealkylation sites (tertiary alicyclic amines) is 1. The van der Waals surface area contributed by atoms with E-state index in [-0.39, 0.29) is 5.82 Å². The maximum atomic E-state index is 13.0. The zero-order valence-electron chi connectivity index (χ0n) is 10.8. The Hall–Kier alpha value is -0.200. The molecule has 1 fully saturated rings. The summed E-state index contributed by atoms with van der Waals surface area (Å²) >= 11 is 2.19. The van der Waals surface area contributed by atoms with E-state index < -0.39 is 0 Å². The van der Waals surface area contributed by atoms with Crippen LogP contribution in [-0.2, 0) is 6.54 Å². The van der Waals surface area contributed by atoms with Gasteiger partial charge in [-0.2, -0.15) is 0 Å². The molecule has 1 aromatic rings. The molecule has 0 radical (unpaired) electrons. The summed E-state index contributed by atoms with van der Waals surface area (Å²) in [4.78, 5) is 2.51. The van der Waals surface area contributed by atoms with Gasteiger partial charge in [-0.3, -0.25) is 0 Å². The van der Waals surface area contributed by atoms with Gasteiger partial charge in [-0.15, -0.1) is 0 Å². The van der Waals surface area contributed by atoms with E-state index in [1.54, 1.807) is 6.07 Å². The van der Waals surface area contributed by atoms with Crippen LogP contribution in [0, 0.1) is 9.39 Å². The van der Waals surface area contributed by atoms with Gasteiger partial charge in [0, 0.05) is 22.7 Å². The van der Waals surface area contributed by atoms with Gasteiger partial charge in [0.1, 0.15) is 5.82 Å². The van der Waals surface area contributed by atoms with Crippen molar-refractivity contribution in [2.24, 2.45) is 0 Å². The molecular weight excluding hydrogens is 342 g/mol. The number of hydrogen-bond acceptors (Lipinski definition) is 2. The van der Waals surface area contributed by atoms with Crippen molar-refractivity contribution in [1.82, 2.24) is 10.2 Å². The Kier molecular flexibility index (Phi) is 5.38. The highest BCUT2D eigenvalue weighted by Gasteiger charge is 2.14. The average Bonchev–Trinajstić information content (AvgIpc) is 2.80. The zero-order chi connectivity index (χ0) is 13.0. The fraction of sp³-hybridized carbons (Fsp3) is 0.571. The molecule has 1 N–H and O–H groups in total. The van der Waals surface area contributed by atoms with E-state index in [2.05, 4.69) is 39.7 Å². The molecule has 4 heteroatoms. The van der Waals surface area contributed by atoms with Crippen molar-refractivity contribution in [3.05, 3.63) is 33.1 Å². The highest BCUT2D eigenvalue weighted by molar-refractivity contribution is 14.1. The van der Waals surface area contributed by atoms with Gasteiger partial charge in [0.15, 0.2) is 0 Å². The molecule has 0 saturated carbocycles. The molecule has 100 valence electrons. The molecule has 0 amide bonds. The van der Waals surface area contributed by atoms with Crippen LogP contribution in [-0.4, -0.2) is 30.6 Å². The smallest absolute Gasteiger partial charge is 0.124 e. The zero-order valence-corrected chi connectivity index (χ0v) is 12.9. The number of hydrogen-bond donors (Lipinski definition) is 1. The summed E-state index contributed by atoms with van der Waals surface area (Å²) in [5.74, 6) is -0.159. The topological polar surface area (TPSA) is 15.3 Å². The van der Waals surface area contributed by atoms with Crippen molar-refractivity contribution in [3.8, 4) is 0 Å². The number of nitrogens with one attached hydrogen (secondary N) is 1. The quantitative estimate of drug-likeness (QED) is 0.811. The van der Waals surface area contributed by atoms with Crippen LogP contribution in [0.4, 0.5) is 4.39 Å². The van der Waals surface area contributed by atoms with E-state index in [1.165, 1.54) is 37.6 Å². The van der Waals surface area contributed by atoms with Gasteiger partial charge in [-0.1, -0.05) is 6.07 Å². The van der Waals surface area contributed by atoms with Crippen molar-refractivity contribution in [2.45, 2.75) is 32.4 Å². The Labute approximate surface area is 122 Å². The fourth-order valence-corrected chi connectivity index (χ4v) is 3.03. The van der Waals surface area contributed by atoms with Crippen LogP contribution >= 0.6 is 22.6 Å². The molecule has 2 rings (SSSR count). The SMILES string of the molecule is CC(CN1CCCC1)NCc1ccc(F)cc1I. The van der Waals surface area contributed by atoms with Crippen LogP contribution in [0.15, 0.2) is 18.2 Å². The monoisotopic (exact) mass is 362 g/mol. The molecule has 0 spiro atoms. The summed E-state index contributed by atoms with van der Waals surface area (Å²) in [6.07, 6.45) is 2.67. The van der Waals surface area contributed by atoms with Crippen LogP contribution in [0.25, 0.3) is 0 Å². The van der Waals surface area contributed by atoms with Crippen LogP contribution in [0.1, 0.15) is 25.3 Å². The Balaban J connectivity index is 1.79. The predicted molar refractivity (Wildman–Crippen MR) is 81.1 cm³/mol. The molecule has 1 unspecified atom stereocenters. The molecule has 1 atom stereocenters. The Morgan fingerprint density at radius 3 is 2.78 bits per heavy atom. The highest BCUT2D eigenvalue weighted by atomic mass is 127. The summed E-state index contributed by atoms with van der Waals surface area (Å²) in [5.41, 5.74) is 1.17. The molecule has 1 aliphatic rings. The summed E-state index contributed by atoms with van der Waals surface area (Å²) in [6, 6.07) is 5.46. The maximum Gasteiger partial charge on any atom is 0.124 e. The first-order valence-corrected chi connectivity index (χ1v) is 7.62. The molecule has 1 aromatic carbocycles. The molecule has 0 bridgehead atoms. The Morgan fingerprint density at radius 2 is 2.11 bits per heavy atom. The van der Waals surface area contributed by atoms with E-state index in [4.69, 9.17) is 0 Å². The summed E-state index contributed by atoms with van der Waals surface area (Å²) in [7, 11) is 0. The summed E-state index contributed by atoms with van der Waals surface area (Å²) < 4.78 is 14.0. The number of benzene rings is 1. The van der Waals surface area contributed by atoms with Gasteiger partial charge in [-0.25, -0.2) is 4.39 Å². The van der Waals surface area contributed by atoms with Crippen molar-refractivity contribution >= 4 is 22.6 Å². The first kappa shape index (κ1) is 14.2. The third kappa shape index (κ3) is 4.17.